The molecule has 2 aromatic heterocycles. The first kappa shape index (κ1) is 10.8. The first-order valence-electron chi connectivity index (χ1n) is 5.44. The van der Waals surface area contributed by atoms with E-state index in [1.54, 1.807) is 6.20 Å². The van der Waals surface area contributed by atoms with E-state index >= 15 is 0 Å². The maximum Gasteiger partial charge on any atom is 0.0349 e. The number of aromatic nitrogens is 2. The highest BCUT2D eigenvalue weighted by Crippen LogP contribution is 2.31. The van der Waals surface area contributed by atoms with E-state index in [9.17, 15) is 0 Å². The van der Waals surface area contributed by atoms with Crippen molar-refractivity contribution in [2.24, 2.45) is 0 Å². The van der Waals surface area contributed by atoms with Crippen LogP contribution in [0.4, 0.5) is 0 Å². The summed E-state index contributed by atoms with van der Waals surface area (Å²) in [5, 5.41) is 0. The predicted octanol–water partition coefficient (Wildman–Crippen LogP) is 3.44. The highest BCUT2D eigenvalue weighted by molar-refractivity contribution is 5.66. The van der Waals surface area contributed by atoms with Gasteiger partial charge >= 0.3 is 0 Å². The van der Waals surface area contributed by atoms with Gasteiger partial charge in [0.05, 0.1) is 0 Å². The predicted molar refractivity (Wildman–Crippen MR) is 66.2 cm³/mol. The molecule has 2 nitrogen and oxygen atoms in total. The van der Waals surface area contributed by atoms with E-state index in [1.165, 1.54) is 11.1 Å². The summed E-state index contributed by atoms with van der Waals surface area (Å²) >= 11 is 0. The molecule has 0 amide bonds. The summed E-state index contributed by atoms with van der Waals surface area (Å²) in [6, 6.07) is 6.11. The van der Waals surface area contributed by atoms with Crippen LogP contribution < -0.4 is 0 Å². The van der Waals surface area contributed by atoms with E-state index in [4.69, 9.17) is 0 Å². The standard InChI is InChI=1S/C14H16N2/c1-14(2,3)13-6-8-16-10-12(13)11-5-4-7-15-9-11/h4-10H,1-3H3. The summed E-state index contributed by atoms with van der Waals surface area (Å²) in [6.07, 6.45) is 7.43. The summed E-state index contributed by atoms with van der Waals surface area (Å²) in [6.45, 7) is 6.63. The van der Waals surface area contributed by atoms with Crippen LogP contribution in [-0.2, 0) is 5.41 Å². The Balaban J connectivity index is 2.58. The van der Waals surface area contributed by atoms with Crippen LogP contribution in [0.3, 0.4) is 0 Å². The molecule has 0 radical (unpaired) electrons. The average molecular weight is 212 g/mol. The third kappa shape index (κ3) is 2.11. The molecule has 0 aliphatic rings. The van der Waals surface area contributed by atoms with Crippen LogP contribution in [0.25, 0.3) is 11.1 Å². The summed E-state index contributed by atoms with van der Waals surface area (Å²) in [4.78, 5) is 8.36. The molecule has 0 fully saturated rings. The Labute approximate surface area is 96.4 Å². The molecule has 0 atom stereocenters. The van der Waals surface area contributed by atoms with Gasteiger partial charge in [0.25, 0.3) is 0 Å². The Morgan fingerprint density at radius 2 is 1.69 bits per heavy atom. The lowest BCUT2D eigenvalue weighted by atomic mass is 9.83. The van der Waals surface area contributed by atoms with Crippen LogP contribution >= 0.6 is 0 Å². The van der Waals surface area contributed by atoms with E-state index in [1.807, 2.05) is 24.7 Å². The van der Waals surface area contributed by atoms with E-state index in [-0.39, 0.29) is 5.41 Å². The van der Waals surface area contributed by atoms with Crippen LogP contribution in [-0.4, -0.2) is 9.97 Å². The van der Waals surface area contributed by atoms with E-state index < -0.39 is 0 Å². The molecular weight excluding hydrogens is 196 g/mol. The van der Waals surface area contributed by atoms with Crippen LogP contribution in [0.5, 0.6) is 0 Å². The van der Waals surface area contributed by atoms with Crippen LogP contribution in [0, 0.1) is 0 Å². The van der Waals surface area contributed by atoms with Crippen molar-refractivity contribution in [3.63, 3.8) is 0 Å². The fraction of sp³-hybridized carbons (Fsp3) is 0.286. The zero-order chi connectivity index (χ0) is 11.6. The van der Waals surface area contributed by atoms with Gasteiger partial charge in [0.1, 0.15) is 0 Å². The molecule has 0 aliphatic heterocycles. The van der Waals surface area contributed by atoms with Crippen molar-refractivity contribution in [2.75, 3.05) is 0 Å². The fourth-order valence-electron chi connectivity index (χ4n) is 1.80. The molecule has 0 saturated carbocycles. The monoisotopic (exact) mass is 212 g/mol. The Morgan fingerprint density at radius 3 is 2.31 bits per heavy atom. The molecule has 0 N–H and O–H groups in total. The molecule has 16 heavy (non-hydrogen) atoms. The Morgan fingerprint density at radius 1 is 0.938 bits per heavy atom. The van der Waals surface area contributed by atoms with Gasteiger partial charge in [-0.15, -0.1) is 0 Å². The topological polar surface area (TPSA) is 25.8 Å². The number of hydrogen-bond donors (Lipinski definition) is 0. The Hall–Kier alpha value is -1.70. The van der Waals surface area contributed by atoms with Gasteiger partial charge in [-0.2, -0.15) is 0 Å². The van der Waals surface area contributed by atoms with Gasteiger partial charge in [-0.25, -0.2) is 0 Å². The van der Waals surface area contributed by atoms with Crippen LogP contribution in [0.15, 0.2) is 43.0 Å². The zero-order valence-corrected chi connectivity index (χ0v) is 9.94. The minimum atomic E-state index is 0.119. The second-order valence-corrected chi connectivity index (χ2v) is 4.91. The number of nitrogens with zero attached hydrogens (tertiary/aromatic N) is 2. The van der Waals surface area contributed by atoms with Crippen molar-refractivity contribution in [1.29, 1.82) is 0 Å². The molecule has 0 aliphatic carbocycles. The maximum atomic E-state index is 4.21. The third-order valence-corrected chi connectivity index (χ3v) is 2.60. The highest BCUT2D eigenvalue weighted by Gasteiger charge is 2.18. The lowest BCUT2D eigenvalue weighted by molar-refractivity contribution is 0.591. The fourth-order valence-corrected chi connectivity index (χ4v) is 1.80. The number of hydrogen-bond acceptors (Lipinski definition) is 2. The quantitative estimate of drug-likeness (QED) is 0.723. The van der Waals surface area contributed by atoms with Crippen molar-refractivity contribution in [1.82, 2.24) is 9.97 Å². The van der Waals surface area contributed by atoms with Crippen molar-refractivity contribution in [3.8, 4) is 11.1 Å². The first-order chi connectivity index (χ1) is 7.59. The van der Waals surface area contributed by atoms with Crippen LogP contribution in [0.2, 0.25) is 0 Å². The summed E-state index contributed by atoms with van der Waals surface area (Å²) in [5.74, 6) is 0. The molecule has 2 heterocycles. The Bertz CT molecular complexity index is 470. The Kier molecular flexibility index (Phi) is 2.73. The van der Waals surface area contributed by atoms with Gasteiger partial charge in [0.15, 0.2) is 0 Å². The average Bonchev–Trinajstić information content (AvgIpc) is 2.29. The van der Waals surface area contributed by atoms with Crippen molar-refractivity contribution in [3.05, 3.63) is 48.5 Å². The van der Waals surface area contributed by atoms with Crippen molar-refractivity contribution in [2.45, 2.75) is 26.2 Å². The van der Waals surface area contributed by atoms with Crippen molar-refractivity contribution >= 4 is 0 Å². The van der Waals surface area contributed by atoms with E-state index in [0.717, 1.165) is 5.56 Å². The second kappa shape index (κ2) is 4.05. The number of pyridine rings is 2. The summed E-state index contributed by atoms with van der Waals surface area (Å²) in [7, 11) is 0. The van der Waals surface area contributed by atoms with Gasteiger partial charge in [-0.3, -0.25) is 9.97 Å². The third-order valence-electron chi connectivity index (χ3n) is 2.60. The zero-order valence-electron chi connectivity index (χ0n) is 9.94. The van der Waals surface area contributed by atoms with E-state index in [0.29, 0.717) is 0 Å². The summed E-state index contributed by atoms with van der Waals surface area (Å²) in [5.41, 5.74) is 3.72. The van der Waals surface area contributed by atoms with Gasteiger partial charge in [0, 0.05) is 35.9 Å². The van der Waals surface area contributed by atoms with Gasteiger partial charge < -0.3 is 0 Å². The van der Waals surface area contributed by atoms with Crippen molar-refractivity contribution < 1.29 is 0 Å². The number of rotatable bonds is 1. The molecule has 2 rings (SSSR count). The highest BCUT2D eigenvalue weighted by atomic mass is 14.6. The maximum absolute atomic E-state index is 4.21. The van der Waals surface area contributed by atoms with Gasteiger partial charge in [-0.05, 0) is 23.1 Å². The normalized spacial score (nSPS) is 11.4. The van der Waals surface area contributed by atoms with Gasteiger partial charge in [-0.1, -0.05) is 26.8 Å². The molecule has 2 heteroatoms. The molecule has 0 bridgehead atoms. The minimum Gasteiger partial charge on any atom is -0.264 e. The van der Waals surface area contributed by atoms with E-state index in [2.05, 4.69) is 42.9 Å². The largest absolute Gasteiger partial charge is 0.264 e. The first-order valence-corrected chi connectivity index (χ1v) is 5.44. The molecule has 82 valence electrons. The molecule has 0 aromatic carbocycles. The second-order valence-electron chi connectivity index (χ2n) is 4.91. The SMILES string of the molecule is CC(C)(C)c1ccncc1-c1cccnc1. The minimum absolute atomic E-state index is 0.119. The lowest BCUT2D eigenvalue weighted by Gasteiger charge is -2.22. The lowest BCUT2D eigenvalue weighted by Crippen LogP contribution is -2.12. The van der Waals surface area contributed by atoms with Gasteiger partial charge in [0.2, 0.25) is 0 Å². The molecular formula is C14H16N2. The molecule has 2 aromatic rings. The molecule has 0 unspecified atom stereocenters. The smallest absolute Gasteiger partial charge is 0.0349 e. The van der Waals surface area contributed by atoms with Crippen LogP contribution in [0.1, 0.15) is 26.3 Å². The summed E-state index contributed by atoms with van der Waals surface area (Å²) < 4.78 is 0. The molecule has 0 spiro atoms. The molecule has 0 saturated heterocycles.